The molecule has 4 aromatic heterocycles. The van der Waals surface area contributed by atoms with Crippen molar-refractivity contribution >= 4 is 86.0 Å². The van der Waals surface area contributed by atoms with Crippen molar-refractivity contribution in [3.63, 3.8) is 0 Å². The Hall–Kier alpha value is -7.93. The van der Waals surface area contributed by atoms with Gasteiger partial charge in [-0.1, -0.05) is 140 Å². The van der Waals surface area contributed by atoms with Crippen LogP contribution in [0, 0.1) is 0 Å². The van der Waals surface area contributed by atoms with Gasteiger partial charge >= 0.3 is 0 Å². The number of thiophene rings is 1. The SMILES string of the molecule is c1ccc(-c2cccc(-c3nc(-c4ccc5c(c4)sc4ccccc45)nc(-c4cc(-n5c6ccccc6c6cc7ccccc7cc65)cc5c4oc4ccccc45)n3)c2)cc1. The lowest BCUT2D eigenvalue weighted by atomic mass is 10.0. The molecule has 6 heteroatoms. The van der Waals surface area contributed by atoms with Crippen LogP contribution in [0.3, 0.4) is 0 Å². The van der Waals surface area contributed by atoms with E-state index >= 15 is 0 Å². The molecule has 0 aliphatic carbocycles. The van der Waals surface area contributed by atoms with Crippen molar-refractivity contribution in [3.8, 4) is 51.0 Å². The summed E-state index contributed by atoms with van der Waals surface area (Å²) in [5.41, 5.74) is 9.64. The van der Waals surface area contributed by atoms with Crippen LogP contribution >= 0.6 is 11.3 Å². The zero-order chi connectivity index (χ0) is 40.0. The van der Waals surface area contributed by atoms with E-state index in [1.807, 2.05) is 18.2 Å². The highest BCUT2D eigenvalue weighted by molar-refractivity contribution is 7.25. The molecule has 0 saturated carbocycles. The van der Waals surface area contributed by atoms with E-state index < -0.39 is 0 Å². The molecule has 13 rings (SSSR count). The van der Waals surface area contributed by atoms with Gasteiger partial charge in [0.15, 0.2) is 17.5 Å². The lowest BCUT2D eigenvalue weighted by Gasteiger charge is -2.13. The van der Waals surface area contributed by atoms with Gasteiger partial charge in [0.1, 0.15) is 11.2 Å². The van der Waals surface area contributed by atoms with E-state index in [-0.39, 0.29) is 0 Å². The highest BCUT2D eigenvalue weighted by atomic mass is 32.1. The standard InChI is InChI=1S/C55H32N4OS/c1-2-13-33(14-3-1)34-17-12-18-37(27-34)53-56-54(38-25-26-43-42-21-8-11-24-50(42)61-51(43)30-38)58-55(57-53)46-32-39(31-45-41-20-7-10-23-49(41)60-52(45)46)59-47-22-9-6-19-40(47)44-28-35-15-4-5-16-36(35)29-48(44)59/h1-32H. The van der Waals surface area contributed by atoms with Crippen LogP contribution in [-0.2, 0) is 0 Å². The Balaban J connectivity index is 1.10. The minimum absolute atomic E-state index is 0.540. The first-order valence-electron chi connectivity index (χ1n) is 20.4. The van der Waals surface area contributed by atoms with Gasteiger partial charge in [0.05, 0.1) is 16.6 Å². The van der Waals surface area contributed by atoms with E-state index in [9.17, 15) is 0 Å². The summed E-state index contributed by atoms with van der Waals surface area (Å²) in [7, 11) is 0. The van der Waals surface area contributed by atoms with Gasteiger partial charge in [-0.2, -0.15) is 0 Å². The first kappa shape index (κ1) is 34.0. The summed E-state index contributed by atoms with van der Waals surface area (Å²) >= 11 is 1.79. The van der Waals surface area contributed by atoms with E-state index in [0.29, 0.717) is 17.5 Å². The maximum Gasteiger partial charge on any atom is 0.167 e. The van der Waals surface area contributed by atoms with Gasteiger partial charge in [0, 0.05) is 58.5 Å². The van der Waals surface area contributed by atoms with Crippen molar-refractivity contribution in [1.82, 2.24) is 19.5 Å². The Bertz CT molecular complexity index is 3900. The van der Waals surface area contributed by atoms with E-state index in [1.54, 1.807) is 11.3 Å². The molecule has 61 heavy (non-hydrogen) atoms. The lowest BCUT2D eigenvalue weighted by Crippen LogP contribution is -2.02. The lowest BCUT2D eigenvalue weighted by molar-refractivity contribution is 0.669. The van der Waals surface area contributed by atoms with Crippen LogP contribution in [0.25, 0.3) is 126 Å². The molecule has 0 bridgehead atoms. The van der Waals surface area contributed by atoms with Crippen LogP contribution in [0.1, 0.15) is 0 Å². The average Bonchev–Trinajstić information content (AvgIpc) is 4.00. The van der Waals surface area contributed by atoms with E-state index in [1.165, 1.54) is 41.7 Å². The molecular formula is C55H32N4OS. The van der Waals surface area contributed by atoms with Crippen LogP contribution in [0.5, 0.6) is 0 Å². The molecule has 0 fully saturated rings. The van der Waals surface area contributed by atoms with Crippen LogP contribution in [-0.4, -0.2) is 19.5 Å². The van der Waals surface area contributed by atoms with E-state index in [0.717, 1.165) is 66.5 Å². The molecule has 0 aliphatic heterocycles. The largest absolute Gasteiger partial charge is 0.455 e. The molecule has 0 spiro atoms. The molecule has 0 unspecified atom stereocenters. The Labute approximate surface area is 353 Å². The number of fused-ring (bicyclic) bond motifs is 10. The summed E-state index contributed by atoms with van der Waals surface area (Å²) in [6, 6.07) is 68.6. The number of rotatable bonds is 5. The Morgan fingerprint density at radius 1 is 0.377 bits per heavy atom. The fourth-order valence-corrected chi connectivity index (χ4v) is 10.3. The van der Waals surface area contributed by atoms with Gasteiger partial charge in [-0.25, -0.2) is 15.0 Å². The first-order chi connectivity index (χ1) is 30.2. The number of hydrogen-bond acceptors (Lipinski definition) is 5. The molecule has 9 aromatic carbocycles. The second-order valence-corrected chi connectivity index (χ2v) is 16.7. The topological polar surface area (TPSA) is 56.7 Å². The Morgan fingerprint density at radius 2 is 1.03 bits per heavy atom. The van der Waals surface area contributed by atoms with Crippen molar-refractivity contribution < 1.29 is 4.42 Å². The third-order valence-corrected chi connectivity index (χ3v) is 13.1. The number of benzene rings is 9. The van der Waals surface area contributed by atoms with Gasteiger partial charge in [-0.3, -0.25) is 0 Å². The van der Waals surface area contributed by atoms with Gasteiger partial charge < -0.3 is 8.98 Å². The van der Waals surface area contributed by atoms with Gasteiger partial charge in [0.2, 0.25) is 0 Å². The number of hydrogen-bond donors (Lipinski definition) is 0. The minimum atomic E-state index is 0.540. The summed E-state index contributed by atoms with van der Waals surface area (Å²) < 4.78 is 11.6. The molecule has 0 radical (unpaired) electrons. The molecule has 284 valence electrons. The number of nitrogens with zero attached hydrogens (tertiary/aromatic N) is 4. The normalized spacial score (nSPS) is 11.9. The molecule has 4 heterocycles. The second-order valence-electron chi connectivity index (χ2n) is 15.6. The molecule has 5 nitrogen and oxygen atoms in total. The van der Waals surface area contributed by atoms with Crippen molar-refractivity contribution in [2.24, 2.45) is 0 Å². The maximum atomic E-state index is 6.79. The van der Waals surface area contributed by atoms with Crippen LogP contribution in [0.4, 0.5) is 0 Å². The Kier molecular flexibility index (Phi) is 7.41. The quantitative estimate of drug-likeness (QED) is 0.174. The van der Waals surface area contributed by atoms with Crippen molar-refractivity contribution in [3.05, 3.63) is 194 Å². The monoisotopic (exact) mass is 796 g/mol. The average molecular weight is 797 g/mol. The fourth-order valence-electron chi connectivity index (χ4n) is 9.13. The van der Waals surface area contributed by atoms with E-state index in [4.69, 9.17) is 19.4 Å². The zero-order valence-electron chi connectivity index (χ0n) is 32.6. The molecular weight excluding hydrogens is 765 g/mol. The summed E-state index contributed by atoms with van der Waals surface area (Å²) in [6.07, 6.45) is 0. The third kappa shape index (κ3) is 5.43. The summed E-state index contributed by atoms with van der Waals surface area (Å²) in [4.78, 5) is 16.0. The van der Waals surface area contributed by atoms with Gasteiger partial charge in [0.25, 0.3) is 0 Å². The van der Waals surface area contributed by atoms with Crippen LogP contribution in [0.2, 0.25) is 0 Å². The second kappa shape index (κ2) is 13.3. The van der Waals surface area contributed by atoms with Crippen molar-refractivity contribution in [2.45, 2.75) is 0 Å². The number of furan rings is 1. The molecule has 13 aromatic rings. The molecule has 0 saturated heterocycles. The fraction of sp³-hybridized carbons (Fsp3) is 0. The summed E-state index contributed by atoms with van der Waals surface area (Å²) in [5, 5.41) is 9.31. The summed E-state index contributed by atoms with van der Waals surface area (Å²) in [6.45, 7) is 0. The maximum absolute atomic E-state index is 6.79. The highest BCUT2D eigenvalue weighted by Crippen LogP contribution is 2.42. The number of aromatic nitrogens is 4. The third-order valence-electron chi connectivity index (χ3n) is 12.0. The van der Waals surface area contributed by atoms with Crippen molar-refractivity contribution in [1.29, 1.82) is 0 Å². The van der Waals surface area contributed by atoms with Crippen LogP contribution in [0.15, 0.2) is 199 Å². The predicted molar refractivity (Wildman–Crippen MR) is 254 cm³/mol. The predicted octanol–water partition coefficient (Wildman–Crippen LogP) is 15.1. The molecule has 0 N–H and O–H groups in total. The van der Waals surface area contributed by atoms with Crippen molar-refractivity contribution in [2.75, 3.05) is 0 Å². The smallest absolute Gasteiger partial charge is 0.167 e. The zero-order valence-corrected chi connectivity index (χ0v) is 33.4. The van der Waals surface area contributed by atoms with Crippen LogP contribution < -0.4 is 0 Å². The summed E-state index contributed by atoms with van der Waals surface area (Å²) in [5.74, 6) is 1.73. The minimum Gasteiger partial charge on any atom is -0.455 e. The first-order valence-corrected chi connectivity index (χ1v) is 21.2. The number of para-hydroxylation sites is 2. The van der Waals surface area contributed by atoms with Gasteiger partial charge in [-0.05, 0) is 76.5 Å². The van der Waals surface area contributed by atoms with E-state index in [2.05, 4.69) is 180 Å². The molecule has 0 aliphatic rings. The Morgan fingerprint density at radius 3 is 1.90 bits per heavy atom. The van der Waals surface area contributed by atoms with Gasteiger partial charge in [-0.15, -0.1) is 11.3 Å². The molecule has 0 amide bonds. The highest BCUT2D eigenvalue weighted by Gasteiger charge is 2.22. The molecule has 0 atom stereocenters.